The summed E-state index contributed by atoms with van der Waals surface area (Å²) in [5.41, 5.74) is 6.76. The minimum atomic E-state index is -0.491. The van der Waals surface area contributed by atoms with Gasteiger partial charge in [0.25, 0.3) is 0 Å². The number of pyridine rings is 1. The highest BCUT2D eigenvalue weighted by Crippen LogP contribution is 2.07. The maximum absolute atomic E-state index is 11.3. The molecule has 0 aromatic carbocycles. The van der Waals surface area contributed by atoms with Gasteiger partial charge < -0.3 is 10.7 Å². The third kappa shape index (κ3) is 2.17. The molecule has 0 amide bonds. The lowest BCUT2D eigenvalue weighted by Gasteiger charge is -2.06. The molecule has 0 fully saturated rings. The molecule has 3 N–H and O–H groups in total. The van der Waals surface area contributed by atoms with Gasteiger partial charge in [-0.15, -0.1) is 0 Å². The molecular weight excluding hydrogens is 166 g/mol. The van der Waals surface area contributed by atoms with Crippen molar-refractivity contribution in [1.29, 1.82) is 5.26 Å². The molecule has 0 aliphatic heterocycles. The van der Waals surface area contributed by atoms with E-state index in [0.29, 0.717) is 5.56 Å². The first-order valence-electron chi connectivity index (χ1n) is 3.97. The van der Waals surface area contributed by atoms with Gasteiger partial charge in [0.2, 0.25) is 0 Å². The van der Waals surface area contributed by atoms with E-state index in [1.54, 1.807) is 13.1 Å². The van der Waals surface area contributed by atoms with Gasteiger partial charge in [0.15, 0.2) is 5.43 Å². The lowest BCUT2D eigenvalue weighted by Crippen LogP contribution is -2.19. The van der Waals surface area contributed by atoms with Gasteiger partial charge in [-0.1, -0.05) is 0 Å². The molecule has 4 heteroatoms. The van der Waals surface area contributed by atoms with Crippen LogP contribution in [0.25, 0.3) is 0 Å². The number of hydrogen-bond donors (Lipinski definition) is 2. The molecule has 4 nitrogen and oxygen atoms in total. The Morgan fingerprint density at radius 3 is 3.00 bits per heavy atom. The number of nitriles is 1. The second-order valence-corrected chi connectivity index (χ2v) is 2.90. The van der Waals surface area contributed by atoms with Gasteiger partial charge in [0.05, 0.1) is 12.5 Å². The van der Waals surface area contributed by atoms with Crippen molar-refractivity contribution >= 4 is 0 Å². The van der Waals surface area contributed by atoms with Crippen molar-refractivity contribution < 1.29 is 0 Å². The van der Waals surface area contributed by atoms with Gasteiger partial charge in [-0.3, -0.25) is 4.79 Å². The molecule has 1 aromatic heterocycles. The smallest absolute Gasteiger partial charge is 0.186 e. The van der Waals surface area contributed by atoms with Crippen LogP contribution in [-0.4, -0.2) is 4.98 Å². The van der Waals surface area contributed by atoms with E-state index in [4.69, 9.17) is 11.0 Å². The number of aromatic amines is 1. The molecule has 68 valence electrons. The molecule has 0 radical (unpaired) electrons. The summed E-state index contributed by atoms with van der Waals surface area (Å²) in [6.45, 7) is 1.79. The number of aromatic nitrogens is 1. The Morgan fingerprint density at radius 2 is 2.46 bits per heavy atom. The Kier molecular flexibility index (Phi) is 2.83. The normalized spacial score (nSPS) is 12.1. The summed E-state index contributed by atoms with van der Waals surface area (Å²) in [6, 6.07) is 2.92. The monoisotopic (exact) mass is 177 g/mol. The van der Waals surface area contributed by atoms with Crippen molar-refractivity contribution in [3.05, 3.63) is 33.7 Å². The van der Waals surface area contributed by atoms with Crippen molar-refractivity contribution in [2.24, 2.45) is 5.73 Å². The first-order chi connectivity index (χ1) is 6.15. The molecule has 0 bridgehead atoms. The number of rotatable bonds is 2. The van der Waals surface area contributed by atoms with E-state index < -0.39 is 6.04 Å². The highest BCUT2D eigenvalue weighted by Gasteiger charge is 2.08. The van der Waals surface area contributed by atoms with Crippen LogP contribution in [0.4, 0.5) is 0 Å². The molecule has 1 rings (SSSR count). The average Bonchev–Trinajstić information content (AvgIpc) is 2.04. The molecule has 1 heterocycles. The molecule has 13 heavy (non-hydrogen) atoms. The average molecular weight is 177 g/mol. The van der Waals surface area contributed by atoms with Crippen molar-refractivity contribution in [3.8, 4) is 6.07 Å². The van der Waals surface area contributed by atoms with E-state index in [2.05, 4.69) is 4.98 Å². The van der Waals surface area contributed by atoms with Crippen LogP contribution in [0.5, 0.6) is 0 Å². The molecular formula is C9H11N3O. The zero-order valence-corrected chi connectivity index (χ0v) is 7.37. The Labute approximate surface area is 76.0 Å². The van der Waals surface area contributed by atoms with Crippen LogP contribution in [0.1, 0.15) is 23.7 Å². The fourth-order valence-corrected chi connectivity index (χ4v) is 1.08. The summed E-state index contributed by atoms with van der Waals surface area (Å²) < 4.78 is 0. The first-order valence-corrected chi connectivity index (χ1v) is 3.97. The van der Waals surface area contributed by atoms with Crippen LogP contribution >= 0.6 is 0 Å². The molecule has 0 unspecified atom stereocenters. The molecule has 0 spiro atoms. The number of hydrogen-bond acceptors (Lipinski definition) is 3. The van der Waals surface area contributed by atoms with Crippen molar-refractivity contribution in [1.82, 2.24) is 4.98 Å². The number of H-pyrrole nitrogens is 1. The summed E-state index contributed by atoms with van der Waals surface area (Å²) >= 11 is 0. The lowest BCUT2D eigenvalue weighted by molar-refractivity contribution is 0.736. The van der Waals surface area contributed by atoms with E-state index >= 15 is 0 Å². The van der Waals surface area contributed by atoms with E-state index in [0.717, 1.165) is 5.69 Å². The highest BCUT2D eigenvalue weighted by atomic mass is 16.1. The third-order valence-electron chi connectivity index (χ3n) is 1.80. The van der Waals surface area contributed by atoms with E-state index in [9.17, 15) is 4.79 Å². The molecule has 0 saturated carbocycles. The quantitative estimate of drug-likeness (QED) is 0.693. The van der Waals surface area contributed by atoms with Crippen molar-refractivity contribution in [2.75, 3.05) is 0 Å². The van der Waals surface area contributed by atoms with Gasteiger partial charge in [0.1, 0.15) is 0 Å². The van der Waals surface area contributed by atoms with Crippen LogP contribution in [0, 0.1) is 18.3 Å². The molecule has 1 aromatic rings. The Balaban J connectivity index is 3.03. The summed E-state index contributed by atoms with van der Waals surface area (Å²) in [5, 5.41) is 8.40. The van der Waals surface area contributed by atoms with Crippen LogP contribution in [0.15, 0.2) is 17.1 Å². The fraction of sp³-hybridized carbons (Fsp3) is 0.333. The Morgan fingerprint density at radius 1 is 1.77 bits per heavy atom. The molecule has 0 aliphatic rings. The lowest BCUT2D eigenvalue weighted by atomic mass is 10.1. The van der Waals surface area contributed by atoms with Gasteiger partial charge >= 0.3 is 0 Å². The first kappa shape index (κ1) is 9.49. The zero-order valence-electron chi connectivity index (χ0n) is 7.37. The molecule has 0 saturated heterocycles. The van der Waals surface area contributed by atoms with Gasteiger partial charge in [-0.2, -0.15) is 5.26 Å². The second-order valence-electron chi connectivity index (χ2n) is 2.90. The van der Waals surface area contributed by atoms with Crippen LogP contribution in [-0.2, 0) is 0 Å². The maximum Gasteiger partial charge on any atom is 0.186 e. The summed E-state index contributed by atoms with van der Waals surface area (Å²) in [5.74, 6) is 0. The summed E-state index contributed by atoms with van der Waals surface area (Å²) in [6.07, 6.45) is 1.73. The second kappa shape index (κ2) is 3.87. The minimum Gasteiger partial charge on any atom is -0.365 e. The van der Waals surface area contributed by atoms with Gasteiger partial charge in [-0.25, -0.2) is 0 Å². The number of nitrogens with zero attached hydrogens (tertiary/aromatic N) is 1. The summed E-state index contributed by atoms with van der Waals surface area (Å²) in [4.78, 5) is 14.2. The van der Waals surface area contributed by atoms with E-state index in [1.165, 1.54) is 6.07 Å². The predicted molar refractivity (Wildman–Crippen MR) is 49.0 cm³/mol. The summed E-state index contributed by atoms with van der Waals surface area (Å²) in [7, 11) is 0. The van der Waals surface area contributed by atoms with Crippen LogP contribution in [0.2, 0.25) is 0 Å². The van der Waals surface area contributed by atoms with Crippen molar-refractivity contribution in [2.45, 2.75) is 19.4 Å². The van der Waals surface area contributed by atoms with Crippen LogP contribution in [0.3, 0.4) is 0 Å². The van der Waals surface area contributed by atoms with Crippen LogP contribution < -0.4 is 11.2 Å². The number of aryl methyl sites for hydroxylation is 1. The minimum absolute atomic E-state index is 0.112. The highest BCUT2D eigenvalue weighted by molar-refractivity contribution is 5.18. The maximum atomic E-state index is 11.3. The third-order valence-corrected chi connectivity index (χ3v) is 1.80. The number of nitrogens with two attached hydrogens (primary N) is 1. The van der Waals surface area contributed by atoms with E-state index in [1.807, 2.05) is 6.07 Å². The topological polar surface area (TPSA) is 82.7 Å². The van der Waals surface area contributed by atoms with Gasteiger partial charge in [-0.05, 0) is 6.92 Å². The zero-order chi connectivity index (χ0) is 9.84. The fourth-order valence-electron chi connectivity index (χ4n) is 1.08. The van der Waals surface area contributed by atoms with E-state index in [-0.39, 0.29) is 11.8 Å². The predicted octanol–water partition coefficient (Wildman–Crippen LogP) is 0.597. The van der Waals surface area contributed by atoms with Crippen molar-refractivity contribution in [3.63, 3.8) is 0 Å². The molecule has 0 aliphatic carbocycles. The van der Waals surface area contributed by atoms with Gasteiger partial charge in [0, 0.05) is 29.6 Å². The standard InChI is InChI=1S/C9H11N3O/c1-6-4-9(13)7(5-12-6)8(11)2-3-10/h4-5,8H,2,11H2,1H3,(H,12,13)/t8-/m0/s1. The molecule has 1 atom stereocenters. The SMILES string of the molecule is Cc1cc(=O)c([C@@H](N)CC#N)c[nH]1. The number of nitrogens with one attached hydrogen (secondary N) is 1. The Bertz CT molecular complexity index is 389. The Hall–Kier alpha value is -1.60. The largest absolute Gasteiger partial charge is 0.365 e.